The number of rotatable bonds is 3. The van der Waals surface area contributed by atoms with Crippen LogP contribution in [0.2, 0.25) is 0 Å². The minimum absolute atomic E-state index is 0.757. The van der Waals surface area contributed by atoms with Crippen LogP contribution in [-0.2, 0) is 6.54 Å². The van der Waals surface area contributed by atoms with Crippen molar-refractivity contribution in [3.63, 3.8) is 0 Å². The summed E-state index contributed by atoms with van der Waals surface area (Å²) in [7, 11) is 0. The average Bonchev–Trinajstić information content (AvgIpc) is 2.94. The van der Waals surface area contributed by atoms with Crippen molar-refractivity contribution in [3.8, 4) is 0 Å². The zero-order chi connectivity index (χ0) is 12.2. The molecule has 1 aliphatic heterocycles. The van der Waals surface area contributed by atoms with E-state index in [4.69, 9.17) is 0 Å². The largest absolute Gasteiger partial charge is 0.369 e. The predicted molar refractivity (Wildman–Crippen MR) is 65.9 cm³/mol. The molecule has 7 heteroatoms. The number of tetrazole rings is 1. The van der Waals surface area contributed by atoms with Crippen LogP contribution in [0.25, 0.3) is 0 Å². The van der Waals surface area contributed by atoms with Gasteiger partial charge in [0.1, 0.15) is 0 Å². The Balaban J connectivity index is 1.55. The number of anilines is 1. The first-order valence-electron chi connectivity index (χ1n) is 6.01. The van der Waals surface area contributed by atoms with Gasteiger partial charge in [0.25, 0.3) is 0 Å². The van der Waals surface area contributed by atoms with E-state index in [1.807, 2.05) is 12.4 Å². The summed E-state index contributed by atoms with van der Waals surface area (Å²) < 4.78 is 0. The molecule has 1 saturated heterocycles. The van der Waals surface area contributed by atoms with Crippen molar-refractivity contribution in [2.24, 2.45) is 0 Å². The zero-order valence-corrected chi connectivity index (χ0v) is 10.0. The van der Waals surface area contributed by atoms with Gasteiger partial charge >= 0.3 is 0 Å². The fourth-order valence-electron chi connectivity index (χ4n) is 2.17. The number of H-pyrrole nitrogens is 1. The fourth-order valence-corrected chi connectivity index (χ4v) is 2.17. The number of aromatic amines is 1. The standard InChI is InChI=1S/C11H15N7/c1-3-12-4-2-10(1)18-7-5-17(6-8-18)9-11-13-15-16-14-11/h1-4H,5-9H2,(H,13,14,15,16). The van der Waals surface area contributed by atoms with Gasteiger partial charge in [-0.25, -0.2) is 0 Å². The average molecular weight is 245 g/mol. The number of hydrogen-bond donors (Lipinski definition) is 1. The van der Waals surface area contributed by atoms with E-state index < -0.39 is 0 Å². The monoisotopic (exact) mass is 245 g/mol. The Morgan fingerprint density at radius 1 is 1.11 bits per heavy atom. The van der Waals surface area contributed by atoms with Crippen LogP contribution in [0.1, 0.15) is 5.82 Å². The van der Waals surface area contributed by atoms with Crippen molar-refractivity contribution in [1.82, 2.24) is 30.5 Å². The molecule has 1 N–H and O–H groups in total. The van der Waals surface area contributed by atoms with E-state index in [0.29, 0.717) is 0 Å². The highest BCUT2D eigenvalue weighted by Gasteiger charge is 2.18. The first-order chi connectivity index (χ1) is 8.92. The van der Waals surface area contributed by atoms with E-state index in [0.717, 1.165) is 38.5 Å². The number of hydrogen-bond acceptors (Lipinski definition) is 6. The smallest absolute Gasteiger partial charge is 0.188 e. The summed E-state index contributed by atoms with van der Waals surface area (Å²) in [6.45, 7) is 4.82. The lowest BCUT2D eigenvalue weighted by atomic mass is 10.2. The molecule has 7 nitrogen and oxygen atoms in total. The molecule has 1 aliphatic rings. The third-order valence-corrected chi connectivity index (χ3v) is 3.15. The van der Waals surface area contributed by atoms with Crippen molar-refractivity contribution in [2.45, 2.75) is 6.54 Å². The first-order valence-corrected chi connectivity index (χ1v) is 6.01. The van der Waals surface area contributed by atoms with Gasteiger partial charge in [-0.3, -0.25) is 9.88 Å². The van der Waals surface area contributed by atoms with Crippen molar-refractivity contribution in [1.29, 1.82) is 0 Å². The lowest BCUT2D eigenvalue weighted by Gasteiger charge is -2.35. The molecule has 0 unspecified atom stereocenters. The Kier molecular flexibility index (Phi) is 3.14. The third kappa shape index (κ3) is 2.45. The molecule has 0 atom stereocenters. The van der Waals surface area contributed by atoms with Crippen LogP contribution >= 0.6 is 0 Å². The summed E-state index contributed by atoms with van der Waals surface area (Å²) in [4.78, 5) is 8.75. The Morgan fingerprint density at radius 2 is 1.89 bits per heavy atom. The highest BCUT2D eigenvalue weighted by atomic mass is 15.5. The minimum Gasteiger partial charge on any atom is -0.369 e. The van der Waals surface area contributed by atoms with Crippen LogP contribution < -0.4 is 4.90 Å². The topological polar surface area (TPSA) is 73.8 Å². The molecule has 94 valence electrons. The fraction of sp³-hybridized carbons (Fsp3) is 0.455. The van der Waals surface area contributed by atoms with Gasteiger partial charge in [0.2, 0.25) is 0 Å². The lowest BCUT2D eigenvalue weighted by Crippen LogP contribution is -2.46. The Hall–Kier alpha value is -2.02. The molecule has 2 aromatic heterocycles. The second-order valence-corrected chi connectivity index (χ2v) is 4.30. The molecule has 2 aromatic rings. The molecular weight excluding hydrogens is 230 g/mol. The number of nitrogens with zero attached hydrogens (tertiary/aromatic N) is 6. The molecule has 0 radical (unpaired) electrons. The quantitative estimate of drug-likeness (QED) is 0.815. The molecule has 0 spiro atoms. The van der Waals surface area contributed by atoms with E-state index in [-0.39, 0.29) is 0 Å². The second kappa shape index (κ2) is 5.09. The molecule has 0 aromatic carbocycles. The SMILES string of the molecule is c1cc(N2CCN(Cc3nn[nH]n3)CC2)ccn1. The van der Waals surface area contributed by atoms with Crippen molar-refractivity contribution in [3.05, 3.63) is 30.4 Å². The van der Waals surface area contributed by atoms with Gasteiger partial charge in [0.15, 0.2) is 5.82 Å². The molecule has 3 heterocycles. The summed E-state index contributed by atoms with van der Waals surface area (Å²) in [6, 6.07) is 4.10. The normalized spacial score (nSPS) is 17.0. The molecular formula is C11H15N7. The summed E-state index contributed by atoms with van der Waals surface area (Å²) >= 11 is 0. The van der Waals surface area contributed by atoms with Crippen LogP contribution in [0.5, 0.6) is 0 Å². The van der Waals surface area contributed by atoms with E-state index in [9.17, 15) is 0 Å². The maximum Gasteiger partial charge on any atom is 0.188 e. The second-order valence-electron chi connectivity index (χ2n) is 4.30. The number of aromatic nitrogens is 5. The Morgan fingerprint density at radius 3 is 2.56 bits per heavy atom. The maximum atomic E-state index is 4.04. The Labute approximate surface area is 105 Å². The molecule has 3 rings (SSSR count). The van der Waals surface area contributed by atoms with Gasteiger partial charge in [-0.1, -0.05) is 5.21 Å². The summed E-state index contributed by atoms with van der Waals surface area (Å²) in [5.74, 6) is 0.757. The molecule has 0 amide bonds. The molecule has 0 bridgehead atoms. The summed E-state index contributed by atoms with van der Waals surface area (Å²) in [6.07, 6.45) is 3.67. The Bertz CT molecular complexity index is 461. The van der Waals surface area contributed by atoms with Crippen LogP contribution in [0.3, 0.4) is 0 Å². The predicted octanol–water partition coefficient (Wildman–Crippen LogP) is -0.0831. The first kappa shape index (κ1) is 11.1. The maximum absolute atomic E-state index is 4.04. The van der Waals surface area contributed by atoms with Gasteiger partial charge in [0, 0.05) is 44.3 Å². The van der Waals surface area contributed by atoms with Crippen LogP contribution in [-0.4, -0.2) is 56.7 Å². The molecule has 18 heavy (non-hydrogen) atoms. The van der Waals surface area contributed by atoms with E-state index in [1.165, 1.54) is 5.69 Å². The lowest BCUT2D eigenvalue weighted by molar-refractivity contribution is 0.244. The van der Waals surface area contributed by atoms with E-state index >= 15 is 0 Å². The van der Waals surface area contributed by atoms with Crippen molar-refractivity contribution < 1.29 is 0 Å². The van der Waals surface area contributed by atoms with Crippen LogP contribution in [0.4, 0.5) is 5.69 Å². The van der Waals surface area contributed by atoms with E-state index in [2.05, 4.69) is 47.5 Å². The highest BCUT2D eigenvalue weighted by molar-refractivity contribution is 5.44. The number of pyridine rings is 1. The van der Waals surface area contributed by atoms with Gasteiger partial charge in [-0.15, -0.1) is 10.2 Å². The van der Waals surface area contributed by atoms with Gasteiger partial charge in [-0.05, 0) is 12.1 Å². The van der Waals surface area contributed by atoms with Crippen molar-refractivity contribution >= 4 is 5.69 Å². The summed E-state index contributed by atoms with van der Waals surface area (Å²) in [5.41, 5.74) is 1.24. The minimum atomic E-state index is 0.757. The number of nitrogens with one attached hydrogen (secondary N) is 1. The molecule has 0 aliphatic carbocycles. The third-order valence-electron chi connectivity index (χ3n) is 3.15. The van der Waals surface area contributed by atoms with Crippen molar-refractivity contribution in [2.75, 3.05) is 31.1 Å². The highest BCUT2D eigenvalue weighted by Crippen LogP contribution is 2.15. The number of piperazine rings is 1. The van der Waals surface area contributed by atoms with Gasteiger partial charge < -0.3 is 4.90 Å². The molecule has 1 fully saturated rings. The van der Waals surface area contributed by atoms with Gasteiger partial charge in [-0.2, -0.15) is 5.21 Å². The van der Waals surface area contributed by atoms with E-state index in [1.54, 1.807) is 0 Å². The molecule has 0 saturated carbocycles. The zero-order valence-electron chi connectivity index (χ0n) is 10.0. The van der Waals surface area contributed by atoms with Crippen LogP contribution in [0.15, 0.2) is 24.5 Å². The van der Waals surface area contributed by atoms with Crippen LogP contribution in [0, 0.1) is 0 Å². The summed E-state index contributed by atoms with van der Waals surface area (Å²) in [5, 5.41) is 14.0. The van der Waals surface area contributed by atoms with Gasteiger partial charge in [0.05, 0.1) is 6.54 Å².